The molecule has 7 rings (SSSR count). The van der Waals surface area contributed by atoms with Crippen molar-refractivity contribution >= 4 is 50.6 Å². The van der Waals surface area contributed by atoms with Crippen molar-refractivity contribution in [2.75, 3.05) is 0 Å². The van der Waals surface area contributed by atoms with Crippen LogP contribution in [0.4, 0.5) is 0 Å². The van der Waals surface area contributed by atoms with Crippen LogP contribution in [0.25, 0.3) is 0 Å². The summed E-state index contributed by atoms with van der Waals surface area (Å²) < 4.78 is 6.11. The molecule has 2 aromatic rings. The van der Waals surface area contributed by atoms with E-state index in [0.717, 1.165) is 21.6 Å². The first-order valence-corrected chi connectivity index (χ1v) is 14.4. The number of ether oxygens (including phenoxy) is 1. The van der Waals surface area contributed by atoms with E-state index in [4.69, 9.17) is 4.74 Å². The highest BCUT2D eigenvalue weighted by molar-refractivity contribution is 9.12. The molecule has 1 N–H and O–H groups in total. The van der Waals surface area contributed by atoms with Gasteiger partial charge in [-0.25, -0.2) is 0 Å². The maximum absolute atomic E-state index is 13.8. The molecule has 9 heteroatoms. The summed E-state index contributed by atoms with van der Waals surface area (Å²) in [7, 11) is 0. The second-order valence-electron chi connectivity index (χ2n) is 10.5. The fraction of sp³-hybridized carbons (Fsp3) is 0.267. The van der Waals surface area contributed by atoms with Gasteiger partial charge in [0.05, 0.1) is 29.1 Å². The van der Waals surface area contributed by atoms with Gasteiger partial charge in [-0.3, -0.25) is 24.1 Å². The van der Waals surface area contributed by atoms with Gasteiger partial charge in [0, 0.05) is 40.0 Å². The van der Waals surface area contributed by atoms with Crippen molar-refractivity contribution in [3.63, 3.8) is 0 Å². The number of fused-ring (bicyclic) bond motifs is 4. The molecule has 5 aliphatic rings. The Labute approximate surface area is 236 Å². The van der Waals surface area contributed by atoms with Crippen LogP contribution < -0.4 is 4.74 Å². The molecule has 0 spiro atoms. The first-order chi connectivity index (χ1) is 18.8. The van der Waals surface area contributed by atoms with Gasteiger partial charge in [0.25, 0.3) is 0 Å². The molecule has 2 aliphatic heterocycles. The lowest BCUT2D eigenvalue weighted by molar-refractivity contribution is -0.140. The first-order valence-electron chi connectivity index (χ1n) is 12.8. The molecule has 3 heterocycles. The van der Waals surface area contributed by atoms with Crippen molar-refractivity contribution in [1.29, 1.82) is 0 Å². The van der Waals surface area contributed by atoms with E-state index in [-0.39, 0.29) is 52.5 Å². The Morgan fingerprint density at radius 3 is 2.74 bits per heavy atom. The smallest absolute Gasteiger partial charge is 0.234 e. The summed E-state index contributed by atoms with van der Waals surface area (Å²) in [6.45, 7) is 0.243. The van der Waals surface area contributed by atoms with Crippen molar-refractivity contribution in [2.45, 2.75) is 25.8 Å². The number of allylic oxidation sites excluding steroid dienone is 7. The molecule has 4 atom stereocenters. The average Bonchev–Trinajstić information content (AvgIpc) is 3.53. The number of carbonyl (C=O) groups is 4. The van der Waals surface area contributed by atoms with Crippen LogP contribution in [0, 0.1) is 23.7 Å². The number of phenols is 1. The topological polar surface area (TPSA) is 101 Å². The summed E-state index contributed by atoms with van der Waals surface area (Å²) >= 11 is 4.76. The molecule has 39 heavy (non-hydrogen) atoms. The zero-order valence-electron chi connectivity index (χ0n) is 20.6. The van der Waals surface area contributed by atoms with Gasteiger partial charge in [0.15, 0.2) is 11.6 Å². The Bertz CT molecular complexity index is 1610. The van der Waals surface area contributed by atoms with Crippen molar-refractivity contribution < 1.29 is 29.0 Å². The Morgan fingerprint density at radius 1 is 1.10 bits per heavy atom. The van der Waals surface area contributed by atoms with Gasteiger partial charge in [-0.05, 0) is 69.9 Å². The number of hydrogen-bond acceptors (Lipinski definition) is 7. The van der Waals surface area contributed by atoms with Gasteiger partial charge in [-0.1, -0.05) is 17.7 Å². The predicted octanol–water partition coefficient (Wildman–Crippen LogP) is 4.77. The summed E-state index contributed by atoms with van der Waals surface area (Å²) in [5.41, 5.74) is 3.23. The lowest BCUT2D eigenvalue weighted by atomic mass is 9.59. The minimum Gasteiger partial charge on any atom is -0.508 e. The minimum atomic E-state index is -0.594. The molecule has 0 saturated carbocycles. The Kier molecular flexibility index (Phi) is 5.64. The summed E-state index contributed by atoms with van der Waals surface area (Å²) in [6.07, 6.45) is 5.98. The quantitative estimate of drug-likeness (QED) is 0.308. The zero-order valence-corrected chi connectivity index (χ0v) is 23.0. The standard InChI is InChI=1S/C30H22BrNO6S/c31-22-11-23(34)27-21(28(22)35)10-20-18(25(27)15-8-14-9-16(33)3-6-24(14)38-13-15)4-5-19-26(20)30(37)32(29(19)36)12-17-2-1-7-39-17/h1-4,6-7,9,11,13,19-20,25-26,33H,5,8,10,12H2/t19-,20+,25-,26-/m0/s1. The maximum Gasteiger partial charge on any atom is 0.234 e. The molecule has 1 aromatic heterocycles. The highest BCUT2D eigenvalue weighted by Gasteiger charge is 2.56. The molecular formula is C30H22BrNO6S. The van der Waals surface area contributed by atoms with Crippen LogP contribution in [0.2, 0.25) is 0 Å². The molecule has 1 fully saturated rings. The van der Waals surface area contributed by atoms with E-state index in [2.05, 4.69) is 15.9 Å². The number of rotatable bonds is 3. The summed E-state index contributed by atoms with van der Waals surface area (Å²) in [6, 6.07) is 8.68. The monoisotopic (exact) mass is 603 g/mol. The number of likely N-dealkylation sites (tertiary alicyclic amines) is 1. The van der Waals surface area contributed by atoms with E-state index in [1.165, 1.54) is 22.3 Å². The Balaban J connectivity index is 1.31. The third-order valence-electron chi connectivity index (χ3n) is 8.46. The molecule has 3 aliphatic carbocycles. The van der Waals surface area contributed by atoms with Crippen molar-refractivity contribution in [1.82, 2.24) is 4.90 Å². The number of phenolic OH excluding ortho intramolecular Hbond substituents is 1. The fourth-order valence-corrected chi connectivity index (χ4v) is 7.94. The molecule has 1 saturated heterocycles. The highest BCUT2D eigenvalue weighted by atomic mass is 79.9. The number of imide groups is 1. The van der Waals surface area contributed by atoms with Crippen LogP contribution in [0.3, 0.4) is 0 Å². The number of aromatic hydroxyl groups is 1. The van der Waals surface area contributed by atoms with E-state index < -0.39 is 17.8 Å². The van der Waals surface area contributed by atoms with Gasteiger partial charge >= 0.3 is 0 Å². The molecule has 7 nitrogen and oxygen atoms in total. The molecule has 0 bridgehead atoms. The van der Waals surface area contributed by atoms with E-state index in [1.807, 2.05) is 23.6 Å². The van der Waals surface area contributed by atoms with Gasteiger partial charge in [-0.15, -0.1) is 11.3 Å². The van der Waals surface area contributed by atoms with Crippen molar-refractivity contribution in [2.24, 2.45) is 23.7 Å². The van der Waals surface area contributed by atoms with Gasteiger partial charge in [0.2, 0.25) is 11.8 Å². The fourth-order valence-electron chi connectivity index (χ4n) is 6.80. The number of amides is 2. The number of thiophene rings is 1. The number of ketones is 2. The zero-order chi connectivity index (χ0) is 27.0. The number of hydrogen-bond donors (Lipinski definition) is 1. The lowest BCUT2D eigenvalue weighted by Gasteiger charge is -2.43. The Morgan fingerprint density at radius 2 is 1.95 bits per heavy atom. The van der Waals surface area contributed by atoms with Crippen LogP contribution in [-0.4, -0.2) is 33.4 Å². The lowest BCUT2D eigenvalue weighted by Crippen LogP contribution is -2.41. The predicted molar refractivity (Wildman–Crippen MR) is 146 cm³/mol. The molecular weight excluding hydrogens is 582 g/mol. The number of nitrogens with zero attached hydrogens (tertiary/aromatic N) is 1. The number of Topliss-reactive ketones (excluding diaryl/α,β-unsaturated/α-hetero) is 1. The van der Waals surface area contributed by atoms with E-state index in [9.17, 15) is 24.3 Å². The Hall–Kier alpha value is -3.56. The summed E-state index contributed by atoms with van der Waals surface area (Å²) in [4.78, 5) is 56.3. The normalized spacial score (nSPS) is 27.7. The molecule has 2 amide bonds. The molecule has 1 aromatic carbocycles. The van der Waals surface area contributed by atoms with Crippen molar-refractivity contribution in [3.05, 3.63) is 91.3 Å². The maximum atomic E-state index is 13.8. The van der Waals surface area contributed by atoms with E-state index >= 15 is 0 Å². The second-order valence-corrected chi connectivity index (χ2v) is 12.4. The third kappa shape index (κ3) is 3.74. The molecule has 0 radical (unpaired) electrons. The number of carbonyl (C=O) groups excluding carboxylic acids is 4. The molecule has 196 valence electrons. The van der Waals surface area contributed by atoms with Crippen LogP contribution in [0.15, 0.2) is 80.9 Å². The average molecular weight is 604 g/mol. The van der Waals surface area contributed by atoms with Crippen LogP contribution >= 0.6 is 27.3 Å². The minimum absolute atomic E-state index is 0.108. The second kappa shape index (κ2) is 8.99. The summed E-state index contributed by atoms with van der Waals surface area (Å²) in [5.74, 6) is -2.22. The molecule has 0 unspecified atom stereocenters. The van der Waals surface area contributed by atoms with Crippen LogP contribution in [-0.2, 0) is 32.1 Å². The van der Waals surface area contributed by atoms with Crippen LogP contribution in [0.5, 0.6) is 11.5 Å². The highest BCUT2D eigenvalue weighted by Crippen LogP contribution is 2.55. The number of benzene rings is 1. The van der Waals surface area contributed by atoms with Gasteiger partial charge in [-0.2, -0.15) is 0 Å². The largest absolute Gasteiger partial charge is 0.508 e. The SMILES string of the molecule is O=C1C=C(Br)C(=O)C2=C1[C@@H](C1=COc3ccc(O)cc3C1)C1=CC[C@@H]3C(=O)N(Cc4cccs4)C(=O)[C@@H]3[C@@H]1C2. The van der Waals surface area contributed by atoms with Gasteiger partial charge in [0.1, 0.15) is 11.5 Å². The first kappa shape index (κ1) is 24.5. The van der Waals surface area contributed by atoms with E-state index in [1.54, 1.807) is 24.5 Å². The van der Waals surface area contributed by atoms with Gasteiger partial charge < -0.3 is 9.84 Å². The van der Waals surface area contributed by atoms with Crippen LogP contribution in [0.1, 0.15) is 23.3 Å². The van der Waals surface area contributed by atoms with Crippen molar-refractivity contribution in [3.8, 4) is 11.5 Å². The van der Waals surface area contributed by atoms with E-state index in [0.29, 0.717) is 29.7 Å². The third-order valence-corrected chi connectivity index (χ3v) is 9.91. The number of halogens is 1. The summed E-state index contributed by atoms with van der Waals surface area (Å²) in [5, 5.41) is 12.0.